The number of benzene rings is 3. The van der Waals surface area contributed by atoms with Crippen molar-refractivity contribution < 1.29 is 14.5 Å². The van der Waals surface area contributed by atoms with E-state index in [2.05, 4.69) is 6.07 Å². The summed E-state index contributed by atoms with van der Waals surface area (Å²) >= 11 is 1.13. The highest BCUT2D eigenvalue weighted by atomic mass is 32.2. The Labute approximate surface area is 206 Å². The number of nitrogens with zero attached hydrogens (tertiary/aromatic N) is 3. The van der Waals surface area contributed by atoms with Crippen LogP contribution in [0.4, 0.5) is 5.69 Å². The molecule has 4 rings (SSSR count). The molecule has 0 aliphatic heterocycles. The molecule has 1 heterocycles. The number of nitriles is 1. The van der Waals surface area contributed by atoms with Crippen LogP contribution in [0.1, 0.15) is 21.5 Å². The Bertz CT molecular complexity index is 1460. The van der Waals surface area contributed by atoms with E-state index in [1.54, 1.807) is 7.11 Å². The van der Waals surface area contributed by atoms with Gasteiger partial charge in [-0.05, 0) is 36.8 Å². The van der Waals surface area contributed by atoms with Crippen LogP contribution in [0.5, 0.6) is 5.75 Å². The van der Waals surface area contributed by atoms with Crippen LogP contribution in [-0.4, -0.2) is 23.3 Å². The van der Waals surface area contributed by atoms with E-state index in [9.17, 15) is 20.2 Å². The Kier molecular flexibility index (Phi) is 6.90. The lowest BCUT2D eigenvalue weighted by atomic mass is 9.99. The van der Waals surface area contributed by atoms with Gasteiger partial charge in [-0.3, -0.25) is 14.9 Å². The third-order valence-electron chi connectivity index (χ3n) is 5.38. The molecule has 0 aliphatic carbocycles. The minimum atomic E-state index is -0.555. The highest BCUT2D eigenvalue weighted by Crippen LogP contribution is 2.39. The van der Waals surface area contributed by atoms with Gasteiger partial charge < -0.3 is 4.74 Å². The monoisotopic (exact) mass is 481 g/mol. The van der Waals surface area contributed by atoms with E-state index in [1.807, 2.05) is 61.5 Å². The molecule has 0 spiro atoms. The predicted molar refractivity (Wildman–Crippen MR) is 134 cm³/mol. The van der Waals surface area contributed by atoms with Crippen LogP contribution in [0, 0.1) is 28.4 Å². The summed E-state index contributed by atoms with van der Waals surface area (Å²) in [6, 6.07) is 23.4. The van der Waals surface area contributed by atoms with Crippen molar-refractivity contribution in [2.75, 3.05) is 7.11 Å². The zero-order valence-corrected chi connectivity index (χ0v) is 19.7. The standard InChI is InChI=1S/C27H19N3O4S/c1-17-3-5-19(6-4-17)25-14-23(18-7-10-22(34-2)11-8-18)24(15-28)27(29-25)35-26-12-9-21(30(32)33)13-20(26)16-31/h3-14,16H,1-2H3. The highest BCUT2D eigenvalue weighted by Gasteiger charge is 2.19. The number of aryl methyl sites for hydroxylation is 1. The van der Waals surface area contributed by atoms with Crippen molar-refractivity contribution in [1.82, 2.24) is 4.98 Å². The second-order valence-electron chi connectivity index (χ2n) is 7.64. The number of carbonyl (C=O) groups is 1. The molecule has 0 saturated carbocycles. The van der Waals surface area contributed by atoms with E-state index >= 15 is 0 Å². The first-order valence-corrected chi connectivity index (χ1v) is 11.3. The van der Waals surface area contributed by atoms with Crippen molar-refractivity contribution in [3.8, 4) is 34.2 Å². The van der Waals surface area contributed by atoms with Gasteiger partial charge in [-0.1, -0.05) is 53.7 Å². The van der Waals surface area contributed by atoms with Crippen LogP contribution in [0.15, 0.2) is 82.7 Å². The van der Waals surface area contributed by atoms with Crippen LogP contribution in [-0.2, 0) is 0 Å². The summed E-state index contributed by atoms with van der Waals surface area (Å²) in [6.45, 7) is 2.00. The molecule has 0 saturated heterocycles. The summed E-state index contributed by atoms with van der Waals surface area (Å²) < 4.78 is 5.26. The van der Waals surface area contributed by atoms with Gasteiger partial charge in [-0.15, -0.1) is 0 Å². The van der Waals surface area contributed by atoms with Crippen LogP contribution >= 0.6 is 11.8 Å². The maximum absolute atomic E-state index is 11.7. The molecule has 0 aliphatic rings. The van der Waals surface area contributed by atoms with Gasteiger partial charge in [0.05, 0.1) is 23.3 Å². The third kappa shape index (κ3) is 5.05. The summed E-state index contributed by atoms with van der Waals surface area (Å²) in [6.07, 6.45) is 0.565. The first-order valence-electron chi connectivity index (χ1n) is 10.5. The fraction of sp³-hybridized carbons (Fsp3) is 0.0741. The number of non-ortho nitro benzene ring substituents is 1. The van der Waals surface area contributed by atoms with Gasteiger partial charge in [0.1, 0.15) is 16.8 Å². The van der Waals surface area contributed by atoms with Crippen LogP contribution in [0.25, 0.3) is 22.4 Å². The minimum absolute atomic E-state index is 0.154. The van der Waals surface area contributed by atoms with Crippen molar-refractivity contribution in [2.24, 2.45) is 0 Å². The number of pyridine rings is 1. The van der Waals surface area contributed by atoms with Gasteiger partial charge in [0.2, 0.25) is 0 Å². The largest absolute Gasteiger partial charge is 0.497 e. The normalized spacial score (nSPS) is 10.4. The van der Waals surface area contributed by atoms with Crippen LogP contribution in [0.3, 0.4) is 0 Å². The molecule has 7 nitrogen and oxygen atoms in total. The number of aromatic nitrogens is 1. The summed E-state index contributed by atoms with van der Waals surface area (Å²) in [7, 11) is 1.58. The van der Waals surface area contributed by atoms with E-state index in [4.69, 9.17) is 9.72 Å². The van der Waals surface area contributed by atoms with Crippen LogP contribution < -0.4 is 4.74 Å². The Hall–Kier alpha value is -4.48. The van der Waals surface area contributed by atoms with Crippen LogP contribution in [0.2, 0.25) is 0 Å². The molecule has 3 aromatic carbocycles. The molecular formula is C27H19N3O4S. The number of nitro groups is 1. The fourth-order valence-corrected chi connectivity index (χ4v) is 4.48. The zero-order chi connectivity index (χ0) is 24.9. The van der Waals surface area contributed by atoms with Gasteiger partial charge >= 0.3 is 0 Å². The Morgan fingerprint density at radius 3 is 2.31 bits per heavy atom. The molecule has 35 heavy (non-hydrogen) atoms. The smallest absolute Gasteiger partial charge is 0.270 e. The molecule has 0 bridgehead atoms. The number of nitro benzene ring substituents is 1. The average Bonchev–Trinajstić information content (AvgIpc) is 2.88. The van der Waals surface area contributed by atoms with Crippen molar-refractivity contribution in [1.29, 1.82) is 5.26 Å². The molecule has 0 atom stereocenters. The number of rotatable bonds is 7. The Morgan fingerprint density at radius 2 is 1.71 bits per heavy atom. The molecule has 1 aromatic heterocycles. The van der Waals surface area contributed by atoms with Gasteiger partial charge in [-0.25, -0.2) is 4.98 Å². The second kappa shape index (κ2) is 10.2. The number of hydrogen-bond donors (Lipinski definition) is 0. The molecule has 0 unspecified atom stereocenters. The number of carbonyl (C=O) groups excluding carboxylic acids is 1. The summed E-state index contributed by atoms with van der Waals surface area (Å²) in [5, 5.41) is 21.6. The van der Waals surface area contributed by atoms with Crippen molar-refractivity contribution in [3.63, 3.8) is 0 Å². The quantitative estimate of drug-likeness (QED) is 0.169. The molecule has 0 N–H and O–H groups in total. The number of hydrogen-bond acceptors (Lipinski definition) is 7. The lowest BCUT2D eigenvalue weighted by Crippen LogP contribution is -1.97. The van der Waals surface area contributed by atoms with E-state index in [0.717, 1.165) is 28.5 Å². The Morgan fingerprint density at radius 1 is 1.03 bits per heavy atom. The number of methoxy groups -OCH3 is 1. The van der Waals surface area contributed by atoms with Gasteiger partial charge in [-0.2, -0.15) is 5.26 Å². The van der Waals surface area contributed by atoms with E-state index in [1.165, 1.54) is 18.2 Å². The molecule has 4 aromatic rings. The molecule has 172 valence electrons. The second-order valence-corrected chi connectivity index (χ2v) is 8.67. The van der Waals surface area contributed by atoms with Crippen molar-refractivity contribution >= 4 is 23.7 Å². The minimum Gasteiger partial charge on any atom is -0.497 e. The Balaban J connectivity index is 1.90. The lowest BCUT2D eigenvalue weighted by molar-refractivity contribution is -0.384. The van der Waals surface area contributed by atoms with Crippen molar-refractivity contribution in [2.45, 2.75) is 16.8 Å². The lowest BCUT2D eigenvalue weighted by Gasteiger charge is -2.14. The third-order valence-corrected chi connectivity index (χ3v) is 6.46. The molecule has 8 heteroatoms. The van der Waals surface area contributed by atoms with Gasteiger partial charge in [0.15, 0.2) is 6.29 Å². The maximum atomic E-state index is 11.7. The summed E-state index contributed by atoms with van der Waals surface area (Å²) in [4.78, 5) is 27.5. The SMILES string of the molecule is COc1ccc(-c2cc(-c3ccc(C)cc3)nc(Sc3ccc([N+](=O)[O-])cc3C=O)c2C#N)cc1. The maximum Gasteiger partial charge on any atom is 0.270 e. The van der Waals surface area contributed by atoms with Gasteiger partial charge in [0, 0.05) is 33.7 Å². The zero-order valence-electron chi connectivity index (χ0n) is 18.9. The average molecular weight is 482 g/mol. The van der Waals surface area contributed by atoms with E-state index in [0.29, 0.717) is 38.8 Å². The first-order chi connectivity index (χ1) is 16.9. The van der Waals surface area contributed by atoms with Gasteiger partial charge in [0.25, 0.3) is 5.69 Å². The first kappa shape index (κ1) is 23.7. The van der Waals surface area contributed by atoms with E-state index < -0.39 is 4.92 Å². The summed E-state index contributed by atoms with van der Waals surface area (Å²) in [5.41, 5.74) is 4.43. The molecule has 0 fully saturated rings. The number of ether oxygens (including phenoxy) is 1. The molecule has 0 amide bonds. The fourth-order valence-electron chi connectivity index (χ4n) is 3.51. The topological polar surface area (TPSA) is 106 Å². The highest BCUT2D eigenvalue weighted by molar-refractivity contribution is 7.99. The molecule has 0 radical (unpaired) electrons. The predicted octanol–water partition coefficient (Wildman–Crippen LogP) is 6.48. The van der Waals surface area contributed by atoms with Crippen molar-refractivity contribution in [3.05, 3.63) is 99.6 Å². The van der Waals surface area contributed by atoms with E-state index in [-0.39, 0.29) is 11.3 Å². The summed E-state index contributed by atoms with van der Waals surface area (Å²) in [5.74, 6) is 0.691. The molecular weight excluding hydrogens is 462 g/mol. The number of aldehydes is 1.